The van der Waals surface area contributed by atoms with Crippen molar-refractivity contribution < 1.29 is 14.6 Å². The number of carboxylic acids is 1. The number of nitrogens with zero attached hydrogens (tertiary/aromatic N) is 2. The van der Waals surface area contributed by atoms with Crippen LogP contribution in [0.4, 0.5) is 0 Å². The highest BCUT2D eigenvalue weighted by atomic mass is 16.5. The molecule has 1 aromatic rings. The second-order valence-electron chi connectivity index (χ2n) is 3.05. The number of aromatic nitrogens is 2. The van der Waals surface area contributed by atoms with Crippen molar-refractivity contribution >= 4 is 5.97 Å². The van der Waals surface area contributed by atoms with E-state index in [0.29, 0.717) is 6.61 Å². The Morgan fingerprint density at radius 2 is 2.43 bits per heavy atom. The van der Waals surface area contributed by atoms with E-state index in [2.05, 4.69) is 5.10 Å². The first-order valence-corrected chi connectivity index (χ1v) is 4.40. The smallest absolute Gasteiger partial charge is 0.354 e. The SMILES string of the molecule is COCCCc1cc(C(=O)O)n(C)n1. The fourth-order valence-corrected chi connectivity index (χ4v) is 1.25. The van der Waals surface area contributed by atoms with Crippen LogP contribution in [0.2, 0.25) is 0 Å². The summed E-state index contributed by atoms with van der Waals surface area (Å²) in [6.45, 7) is 0.666. The Labute approximate surface area is 82.3 Å². The topological polar surface area (TPSA) is 64.3 Å². The average Bonchev–Trinajstić information content (AvgIpc) is 2.47. The lowest BCUT2D eigenvalue weighted by Crippen LogP contribution is -2.04. The van der Waals surface area contributed by atoms with Crippen molar-refractivity contribution in [2.24, 2.45) is 7.05 Å². The van der Waals surface area contributed by atoms with E-state index in [4.69, 9.17) is 9.84 Å². The van der Waals surface area contributed by atoms with Crippen LogP contribution in [-0.2, 0) is 18.2 Å². The third kappa shape index (κ3) is 2.56. The molecule has 1 heterocycles. The van der Waals surface area contributed by atoms with Gasteiger partial charge in [0.2, 0.25) is 0 Å². The Balaban J connectivity index is 2.62. The van der Waals surface area contributed by atoms with Gasteiger partial charge in [-0.05, 0) is 18.9 Å². The Morgan fingerprint density at radius 3 is 2.93 bits per heavy atom. The van der Waals surface area contributed by atoms with Gasteiger partial charge in [-0.25, -0.2) is 4.79 Å². The number of carbonyl (C=O) groups is 1. The van der Waals surface area contributed by atoms with Gasteiger partial charge in [0.15, 0.2) is 0 Å². The van der Waals surface area contributed by atoms with Crippen molar-refractivity contribution in [3.8, 4) is 0 Å². The minimum atomic E-state index is -0.946. The Bertz CT molecular complexity index is 320. The molecule has 14 heavy (non-hydrogen) atoms. The first-order valence-electron chi connectivity index (χ1n) is 4.40. The van der Waals surface area contributed by atoms with Gasteiger partial charge in [-0.3, -0.25) is 4.68 Å². The predicted octanol–water partition coefficient (Wildman–Crippen LogP) is 0.697. The fourth-order valence-electron chi connectivity index (χ4n) is 1.25. The van der Waals surface area contributed by atoms with Gasteiger partial charge in [0.1, 0.15) is 5.69 Å². The zero-order valence-corrected chi connectivity index (χ0v) is 8.36. The van der Waals surface area contributed by atoms with Gasteiger partial charge >= 0.3 is 5.97 Å². The summed E-state index contributed by atoms with van der Waals surface area (Å²) in [5.74, 6) is -0.946. The van der Waals surface area contributed by atoms with Gasteiger partial charge < -0.3 is 9.84 Å². The van der Waals surface area contributed by atoms with Crippen molar-refractivity contribution in [1.29, 1.82) is 0 Å². The number of hydrogen-bond donors (Lipinski definition) is 1. The van der Waals surface area contributed by atoms with E-state index in [1.165, 1.54) is 4.68 Å². The molecule has 0 radical (unpaired) electrons. The van der Waals surface area contributed by atoms with Crippen LogP contribution in [0, 0.1) is 0 Å². The number of aromatic carboxylic acids is 1. The molecule has 0 amide bonds. The molecule has 1 N–H and O–H groups in total. The lowest BCUT2D eigenvalue weighted by molar-refractivity contribution is 0.0685. The van der Waals surface area contributed by atoms with Crippen molar-refractivity contribution in [1.82, 2.24) is 9.78 Å². The van der Waals surface area contributed by atoms with E-state index < -0.39 is 5.97 Å². The molecule has 1 rings (SSSR count). The molecule has 0 unspecified atom stereocenters. The predicted molar refractivity (Wildman–Crippen MR) is 50.4 cm³/mol. The average molecular weight is 198 g/mol. The van der Waals surface area contributed by atoms with Crippen molar-refractivity contribution in [3.63, 3.8) is 0 Å². The first kappa shape index (κ1) is 10.7. The minimum absolute atomic E-state index is 0.220. The van der Waals surface area contributed by atoms with Gasteiger partial charge in [-0.2, -0.15) is 5.10 Å². The maximum Gasteiger partial charge on any atom is 0.354 e. The summed E-state index contributed by atoms with van der Waals surface area (Å²) in [5, 5.41) is 12.8. The lowest BCUT2D eigenvalue weighted by Gasteiger charge is -1.95. The van der Waals surface area contributed by atoms with E-state index in [1.54, 1.807) is 20.2 Å². The molecule has 0 bridgehead atoms. The summed E-state index contributed by atoms with van der Waals surface area (Å²) in [4.78, 5) is 10.7. The molecule has 0 aliphatic carbocycles. The molecule has 78 valence electrons. The highest BCUT2D eigenvalue weighted by molar-refractivity contribution is 5.85. The summed E-state index contributed by atoms with van der Waals surface area (Å²) in [6.07, 6.45) is 1.60. The van der Waals surface area contributed by atoms with Crippen LogP contribution < -0.4 is 0 Å². The minimum Gasteiger partial charge on any atom is -0.477 e. The van der Waals surface area contributed by atoms with Crippen LogP contribution in [-0.4, -0.2) is 34.6 Å². The maximum absolute atomic E-state index is 10.7. The van der Waals surface area contributed by atoms with Crippen LogP contribution >= 0.6 is 0 Å². The van der Waals surface area contributed by atoms with Crippen LogP contribution in [0.3, 0.4) is 0 Å². The molecule has 0 aromatic carbocycles. The molecule has 0 fully saturated rings. The summed E-state index contributed by atoms with van der Waals surface area (Å²) >= 11 is 0. The molecule has 1 aromatic heterocycles. The quantitative estimate of drug-likeness (QED) is 0.707. The molecule has 0 saturated carbocycles. The van der Waals surface area contributed by atoms with Crippen LogP contribution in [0.25, 0.3) is 0 Å². The van der Waals surface area contributed by atoms with Gasteiger partial charge in [0.25, 0.3) is 0 Å². The number of hydrogen-bond acceptors (Lipinski definition) is 3. The van der Waals surface area contributed by atoms with Gasteiger partial charge in [0, 0.05) is 20.8 Å². The number of carboxylic acid groups (broad SMARTS) is 1. The third-order valence-electron chi connectivity index (χ3n) is 1.93. The van der Waals surface area contributed by atoms with E-state index in [0.717, 1.165) is 18.5 Å². The summed E-state index contributed by atoms with van der Waals surface area (Å²) in [5.41, 5.74) is 1.01. The monoisotopic (exact) mass is 198 g/mol. The summed E-state index contributed by atoms with van der Waals surface area (Å²) < 4.78 is 6.28. The number of ether oxygens (including phenoxy) is 1. The van der Waals surface area contributed by atoms with E-state index in [-0.39, 0.29) is 5.69 Å². The molecule has 0 spiro atoms. The van der Waals surface area contributed by atoms with Gasteiger partial charge in [-0.15, -0.1) is 0 Å². The van der Waals surface area contributed by atoms with Gasteiger partial charge in [0.05, 0.1) is 5.69 Å². The highest BCUT2D eigenvalue weighted by Gasteiger charge is 2.10. The Morgan fingerprint density at radius 1 is 1.71 bits per heavy atom. The van der Waals surface area contributed by atoms with E-state index in [9.17, 15) is 4.79 Å². The third-order valence-corrected chi connectivity index (χ3v) is 1.93. The van der Waals surface area contributed by atoms with Crippen LogP contribution in [0.1, 0.15) is 22.6 Å². The Kier molecular flexibility index (Phi) is 3.64. The number of methoxy groups -OCH3 is 1. The van der Waals surface area contributed by atoms with Crippen molar-refractivity contribution in [3.05, 3.63) is 17.5 Å². The van der Waals surface area contributed by atoms with Crippen molar-refractivity contribution in [2.75, 3.05) is 13.7 Å². The summed E-state index contributed by atoms with van der Waals surface area (Å²) in [7, 11) is 3.27. The second kappa shape index (κ2) is 4.76. The van der Waals surface area contributed by atoms with Gasteiger partial charge in [-0.1, -0.05) is 0 Å². The zero-order valence-electron chi connectivity index (χ0n) is 8.36. The number of aryl methyl sites for hydroxylation is 2. The lowest BCUT2D eigenvalue weighted by atomic mass is 10.2. The first-order chi connectivity index (χ1) is 6.65. The molecular formula is C9H14N2O3. The molecule has 0 aliphatic heterocycles. The standard InChI is InChI=1S/C9H14N2O3/c1-11-8(9(12)13)6-7(10-11)4-3-5-14-2/h6H,3-5H2,1-2H3,(H,12,13). The molecule has 5 heteroatoms. The molecule has 0 saturated heterocycles. The highest BCUT2D eigenvalue weighted by Crippen LogP contribution is 2.05. The maximum atomic E-state index is 10.7. The molecule has 5 nitrogen and oxygen atoms in total. The fraction of sp³-hybridized carbons (Fsp3) is 0.556. The molecule has 0 atom stereocenters. The van der Waals surface area contributed by atoms with Crippen LogP contribution in [0.15, 0.2) is 6.07 Å². The number of rotatable bonds is 5. The zero-order chi connectivity index (χ0) is 10.6. The Hall–Kier alpha value is -1.36. The molecule has 0 aliphatic rings. The van der Waals surface area contributed by atoms with E-state index in [1.807, 2.05) is 0 Å². The largest absolute Gasteiger partial charge is 0.477 e. The second-order valence-corrected chi connectivity index (χ2v) is 3.05. The van der Waals surface area contributed by atoms with E-state index >= 15 is 0 Å². The molecular weight excluding hydrogens is 184 g/mol. The summed E-state index contributed by atoms with van der Waals surface area (Å²) in [6, 6.07) is 1.60. The van der Waals surface area contributed by atoms with Crippen LogP contribution in [0.5, 0.6) is 0 Å². The van der Waals surface area contributed by atoms with Crippen molar-refractivity contribution in [2.45, 2.75) is 12.8 Å². The normalized spacial score (nSPS) is 10.4.